The molecule has 0 bridgehead atoms. The normalized spacial score (nSPS) is 19.3. The van der Waals surface area contributed by atoms with Gasteiger partial charge in [0.25, 0.3) is 5.69 Å². The predicted octanol–water partition coefficient (Wildman–Crippen LogP) is 3.94. The van der Waals surface area contributed by atoms with E-state index in [0.29, 0.717) is 14.8 Å². The van der Waals surface area contributed by atoms with Gasteiger partial charge in [0, 0.05) is 18.3 Å². The molecule has 0 spiro atoms. The summed E-state index contributed by atoms with van der Waals surface area (Å²) in [6.07, 6.45) is 1.67. The molecule has 1 saturated heterocycles. The smallest absolute Gasteiger partial charge is 0.357 e. The van der Waals surface area contributed by atoms with Crippen molar-refractivity contribution in [2.45, 2.75) is 30.9 Å². The van der Waals surface area contributed by atoms with Crippen LogP contribution in [0, 0.1) is 15.5 Å². The zero-order valence-electron chi connectivity index (χ0n) is 16.1. The molecule has 10 heteroatoms. The molecule has 8 nitrogen and oxygen atoms in total. The minimum absolute atomic E-state index is 0.0368. The number of non-ortho nitro benzene ring substituents is 1. The van der Waals surface area contributed by atoms with Gasteiger partial charge in [0.15, 0.2) is 5.70 Å². The topological polar surface area (TPSA) is 103 Å². The van der Waals surface area contributed by atoms with Crippen molar-refractivity contribution < 1.29 is 19.2 Å². The summed E-state index contributed by atoms with van der Waals surface area (Å²) in [7, 11) is 0. The number of benzene rings is 1. The molecule has 0 unspecified atom stereocenters. The van der Waals surface area contributed by atoms with Gasteiger partial charge in [-0.15, -0.1) is 0 Å². The van der Waals surface area contributed by atoms with E-state index < -0.39 is 16.3 Å². The van der Waals surface area contributed by atoms with E-state index in [0.717, 1.165) is 0 Å². The number of ether oxygens (including phenoxy) is 1. The van der Waals surface area contributed by atoms with Gasteiger partial charge in [0.05, 0.1) is 14.6 Å². The summed E-state index contributed by atoms with van der Waals surface area (Å²) in [4.78, 5) is 41.6. The first-order valence-corrected chi connectivity index (χ1v) is 10.7. The second-order valence-corrected chi connectivity index (χ2v) is 9.65. The number of esters is 1. The molecule has 2 aliphatic heterocycles. The van der Waals surface area contributed by atoms with E-state index in [1.165, 1.54) is 52.7 Å². The van der Waals surface area contributed by atoms with Gasteiger partial charge in [-0.2, -0.15) is 0 Å². The second kappa shape index (κ2) is 7.77. The van der Waals surface area contributed by atoms with E-state index in [4.69, 9.17) is 4.74 Å². The largest absolute Gasteiger partial charge is 0.456 e. The number of nitro groups is 1. The highest BCUT2D eigenvalue weighted by molar-refractivity contribution is 8.22. The van der Waals surface area contributed by atoms with E-state index in [-0.39, 0.29) is 29.3 Å². The lowest BCUT2D eigenvalue weighted by atomic mass is 9.82. The quantitative estimate of drug-likeness (QED) is 0.286. The fourth-order valence-corrected chi connectivity index (χ4v) is 5.79. The fourth-order valence-electron chi connectivity index (χ4n) is 3.14. The molecule has 1 atom stereocenters. The Morgan fingerprint density at radius 1 is 1.30 bits per heavy atom. The van der Waals surface area contributed by atoms with Crippen LogP contribution in [0.15, 0.2) is 63.6 Å². The molecule has 0 saturated carbocycles. The lowest BCUT2D eigenvalue weighted by Crippen LogP contribution is -2.63. The molecule has 0 aliphatic carbocycles. The van der Waals surface area contributed by atoms with Crippen molar-refractivity contribution in [2.75, 3.05) is 0 Å². The Bertz CT molecular complexity index is 1050. The molecule has 0 N–H and O–H groups in total. The number of nitro benzene ring substituents is 1. The molecule has 154 valence electrons. The van der Waals surface area contributed by atoms with E-state index in [2.05, 4.69) is 4.98 Å². The summed E-state index contributed by atoms with van der Waals surface area (Å²) >= 11 is 2.79. The Kier molecular flexibility index (Phi) is 5.29. The van der Waals surface area contributed by atoms with E-state index >= 15 is 0 Å². The summed E-state index contributed by atoms with van der Waals surface area (Å²) in [6.45, 7) is 3.66. The van der Waals surface area contributed by atoms with Crippen LogP contribution < -0.4 is 0 Å². The molecule has 2 aliphatic rings. The number of rotatable bonds is 6. The van der Waals surface area contributed by atoms with Crippen LogP contribution in [0.5, 0.6) is 0 Å². The Balaban J connectivity index is 1.54. The van der Waals surface area contributed by atoms with Crippen LogP contribution in [0.25, 0.3) is 0 Å². The Hall–Kier alpha value is -2.85. The number of aromatic nitrogens is 1. The van der Waals surface area contributed by atoms with Crippen LogP contribution in [0.1, 0.15) is 19.4 Å². The van der Waals surface area contributed by atoms with Crippen LogP contribution in [0.2, 0.25) is 0 Å². The predicted molar refractivity (Wildman–Crippen MR) is 112 cm³/mol. The van der Waals surface area contributed by atoms with Gasteiger partial charge < -0.3 is 4.74 Å². The molecular formula is C20H17N3O5S2. The minimum atomic E-state index is -0.606. The minimum Gasteiger partial charge on any atom is -0.456 e. The maximum absolute atomic E-state index is 12.9. The molecule has 0 radical (unpaired) electrons. The number of nitrogens with zero attached hydrogens (tertiary/aromatic N) is 3. The average molecular weight is 444 g/mol. The first-order chi connectivity index (χ1) is 14.3. The van der Waals surface area contributed by atoms with E-state index in [9.17, 15) is 19.7 Å². The molecule has 2 aromatic rings. The lowest BCUT2D eigenvalue weighted by Gasteiger charge is -2.48. The van der Waals surface area contributed by atoms with Crippen LogP contribution in [0.4, 0.5) is 5.69 Å². The van der Waals surface area contributed by atoms with E-state index in [1.54, 1.807) is 12.3 Å². The highest BCUT2D eigenvalue weighted by Crippen LogP contribution is 2.58. The third-order valence-corrected chi connectivity index (χ3v) is 7.62. The number of pyridine rings is 1. The molecule has 4 rings (SSSR count). The molecule has 1 fully saturated rings. The SMILES string of the molecule is CC1(C)C(=O)N2C(C(=O)OCc3ccc([N+](=O)[O-])cc3)=C(Sc3ccccn3)S[C@@H]21. The van der Waals surface area contributed by atoms with Crippen molar-refractivity contribution in [3.8, 4) is 0 Å². The maximum atomic E-state index is 12.9. The number of hydrogen-bond acceptors (Lipinski definition) is 8. The van der Waals surface area contributed by atoms with Crippen molar-refractivity contribution >= 4 is 41.1 Å². The third kappa shape index (κ3) is 3.56. The van der Waals surface area contributed by atoms with Gasteiger partial charge in [0.1, 0.15) is 17.0 Å². The number of amides is 1. The van der Waals surface area contributed by atoms with Gasteiger partial charge >= 0.3 is 5.97 Å². The first-order valence-electron chi connectivity index (χ1n) is 9.03. The summed E-state index contributed by atoms with van der Waals surface area (Å²) in [6, 6.07) is 11.3. The molecule has 30 heavy (non-hydrogen) atoms. The standard InChI is InChI=1S/C20H17N3O5S2/c1-20(2)18(25)22-15(17(30-19(20)22)29-14-5-3-4-10-21-14)16(24)28-11-12-6-8-13(9-7-12)23(26)27/h3-10,19H,11H2,1-2H3/t19-/m1/s1. The second-order valence-electron chi connectivity index (χ2n) is 7.27. The van der Waals surface area contributed by atoms with Crippen molar-refractivity contribution in [1.29, 1.82) is 0 Å². The number of fused-ring (bicyclic) bond motifs is 1. The average Bonchev–Trinajstić information content (AvgIpc) is 3.10. The fraction of sp³-hybridized carbons (Fsp3) is 0.250. The Morgan fingerprint density at radius 2 is 2.03 bits per heavy atom. The highest BCUT2D eigenvalue weighted by atomic mass is 32.2. The number of carbonyl (C=O) groups is 2. The summed E-state index contributed by atoms with van der Waals surface area (Å²) < 4.78 is 6.11. The summed E-state index contributed by atoms with van der Waals surface area (Å²) in [5.74, 6) is -0.732. The molecule has 1 amide bonds. The van der Waals surface area contributed by atoms with Crippen molar-refractivity contribution in [3.63, 3.8) is 0 Å². The van der Waals surface area contributed by atoms with Crippen molar-refractivity contribution in [3.05, 3.63) is 74.3 Å². The van der Waals surface area contributed by atoms with E-state index in [1.807, 2.05) is 26.0 Å². The van der Waals surface area contributed by atoms with Crippen LogP contribution in [-0.2, 0) is 20.9 Å². The van der Waals surface area contributed by atoms with Crippen LogP contribution in [-0.4, -0.2) is 32.1 Å². The maximum Gasteiger partial charge on any atom is 0.357 e. The third-order valence-electron chi connectivity index (χ3n) is 4.82. The van der Waals surface area contributed by atoms with Crippen LogP contribution >= 0.6 is 23.5 Å². The molecule has 1 aromatic carbocycles. The lowest BCUT2D eigenvalue weighted by molar-refractivity contribution is -0.384. The van der Waals surface area contributed by atoms with Crippen molar-refractivity contribution in [1.82, 2.24) is 9.88 Å². The molecule has 1 aromatic heterocycles. The van der Waals surface area contributed by atoms with Crippen LogP contribution in [0.3, 0.4) is 0 Å². The Labute approximate surface area is 180 Å². The monoisotopic (exact) mass is 443 g/mol. The van der Waals surface area contributed by atoms with Crippen molar-refractivity contribution in [2.24, 2.45) is 5.41 Å². The summed E-state index contributed by atoms with van der Waals surface area (Å²) in [5, 5.41) is 11.3. The zero-order chi connectivity index (χ0) is 21.5. The van der Waals surface area contributed by atoms with Gasteiger partial charge in [-0.1, -0.05) is 29.6 Å². The zero-order valence-corrected chi connectivity index (χ0v) is 17.7. The molecular weight excluding hydrogens is 426 g/mol. The number of thioether (sulfide) groups is 2. The Morgan fingerprint density at radius 3 is 2.67 bits per heavy atom. The summed E-state index contributed by atoms with van der Waals surface area (Å²) in [5.41, 5.74) is 0.240. The number of hydrogen-bond donors (Lipinski definition) is 0. The van der Waals surface area contributed by atoms with Gasteiger partial charge in [-0.3, -0.25) is 19.8 Å². The van der Waals surface area contributed by atoms with Gasteiger partial charge in [-0.05, 0) is 43.7 Å². The van der Waals surface area contributed by atoms with Gasteiger partial charge in [0.2, 0.25) is 5.91 Å². The first kappa shape index (κ1) is 20.4. The number of β-lactam (4-membered cyclic amide) rings is 1. The molecule has 3 heterocycles. The number of carbonyl (C=O) groups excluding carboxylic acids is 2. The van der Waals surface area contributed by atoms with Gasteiger partial charge in [-0.25, -0.2) is 9.78 Å². The highest BCUT2D eigenvalue weighted by Gasteiger charge is 2.61.